The molecule has 3 aromatic rings. The number of aliphatic hydroxyl groups is 1. The summed E-state index contributed by atoms with van der Waals surface area (Å²) in [4.78, 5) is 0. The average molecular weight is 336 g/mol. The second kappa shape index (κ2) is 6.11. The summed E-state index contributed by atoms with van der Waals surface area (Å²) in [5, 5.41) is 11.9. The Bertz CT molecular complexity index is 801. The van der Waals surface area contributed by atoms with E-state index in [2.05, 4.69) is 4.72 Å². The van der Waals surface area contributed by atoms with Crippen LogP contribution < -0.4 is 4.72 Å². The lowest BCUT2D eigenvalue weighted by molar-refractivity contribution is 0.0501. The van der Waals surface area contributed by atoms with E-state index in [9.17, 15) is 13.9 Å². The van der Waals surface area contributed by atoms with E-state index in [0.717, 1.165) is 11.0 Å². The molecule has 0 saturated heterocycles. The van der Waals surface area contributed by atoms with E-state index >= 15 is 0 Å². The molecule has 2 aromatic carbocycles. The molecule has 3 nitrogen and oxygen atoms in total. The molecule has 1 heterocycles. The third-order valence-corrected chi connectivity index (χ3v) is 4.32. The number of rotatable bonds is 5. The van der Waals surface area contributed by atoms with Gasteiger partial charge in [-0.2, -0.15) is 0 Å². The van der Waals surface area contributed by atoms with Crippen molar-refractivity contribution in [1.29, 1.82) is 0 Å². The Morgan fingerprint density at radius 3 is 2.09 bits per heavy atom. The van der Waals surface area contributed by atoms with Crippen molar-refractivity contribution in [3.63, 3.8) is 0 Å². The highest BCUT2D eigenvalue weighted by Gasteiger charge is 2.23. The van der Waals surface area contributed by atoms with E-state index in [1.54, 1.807) is 19.1 Å². The summed E-state index contributed by atoms with van der Waals surface area (Å²) in [6, 6.07) is 8.90. The Hall–Kier alpha value is -1.63. The van der Waals surface area contributed by atoms with Gasteiger partial charge in [-0.05, 0) is 49.6 Å². The molecule has 1 atom stereocenters. The smallest absolute Gasteiger partial charge is 0.123 e. The van der Waals surface area contributed by atoms with Gasteiger partial charge in [-0.3, -0.25) is 4.72 Å². The summed E-state index contributed by atoms with van der Waals surface area (Å²) in [7, 11) is 0. The minimum absolute atomic E-state index is 0.317. The summed E-state index contributed by atoms with van der Waals surface area (Å²) in [6.07, 6.45) is 1.89. The van der Waals surface area contributed by atoms with Crippen molar-refractivity contribution in [3.05, 3.63) is 48.0 Å². The van der Waals surface area contributed by atoms with E-state index in [1.807, 2.05) is 10.8 Å². The molecular formula is C17H18F2N2OS. The van der Waals surface area contributed by atoms with E-state index in [0.29, 0.717) is 23.9 Å². The lowest BCUT2D eigenvalue weighted by atomic mass is 10.1. The molecule has 0 saturated carbocycles. The second-order valence-electron chi connectivity index (χ2n) is 5.93. The van der Waals surface area contributed by atoms with Crippen LogP contribution in [-0.4, -0.2) is 28.1 Å². The number of fused-ring (bicyclic) bond motifs is 3. The molecule has 1 aromatic heterocycles. The molecule has 2 N–H and O–H groups in total. The number of nitrogens with zero attached hydrogens (tertiary/aromatic N) is 1. The van der Waals surface area contributed by atoms with Crippen LogP contribution in [0.4, 0.5) is 8.78 Å². The van der Waals surface area contributed by atoms with Crippen molar-refractivity contribution in [1.82, 2.24) is 9.29 Å². The summed E-state index contributed by atoms with van der Waals surface area (Å²) in [5.41, 5.74) is 0.554. The number of halogens is 2. The Balaban J connectivity index is 2.18. The maximum atomic E-state index is 13.6. The number of benzene rings is 2. The van der Waals surface area contributed by atoms with Gasteiger partial charge in [-0.1, -0.05) is 11.9 Å². The van der Waals surface area contributed by atoms with Gasteiger partial charge in [0.1, 0.15) is 11.6 Å². The van der Waals surface area contributed by atoms with Crippen LogP contribution in [0.15, 0.2) is 36.4 Å². The molecule has 0 bridgehead atoms. The highest BCUT2D eigenvalue weighted by Crippen LogP contribution is 2.31. The summed E-state index contributed by atoms with van der Waals surface area (Å²) in [5.74, 6) is -0.728. The molecule has 0 aliphatic carbocycles. The van der Waals surface area contributed by atoms with E-state index in [1.165, 1.54) is 36.2 Å². The largest absolute Gasteiger partial charge is 0.387 e. The first-order valence-electron chi connectivity index (χ1n) is 7.26. The first-order valence-corrected chi connectivity index (χ1v) is 8.49. The van der Waals surface area contributed by atoms with Crippen molar-refractivity contribution in [3.8, 4) is 0 Å². The molecule has 0 aliphatic heterocycles. The maximum Gasteiger partial charge on any atom is 0.123 e. The van der Waals surface area contributed by atoms with E-state index < -0.39 is 5.60 Å². The van der Waals surface area contributed by atoms with Crippen molar-refractivity contribution in [2.45, 2.75) is 19.1 Å². The molecule has 3 rings (SSSR count). The molecule has 0 aliphatic rings. The number of nitrogens with one attached hydrogen (secondary N) is 1. The maximum absolute atomic E-state index is 13.6. The zero-order valence-corrected chi connectivity index (χ0v) is 13.8. The van der Waals surface area contributed by atoms with Gasteiger partial charge in [0.05, 0.1) is 12.1 Å². The zero-order chi connectivity index (χ0) is 16.6. The fourth-order valence-corrected chi connectivity index (χ4v) is 3.30. The predicted molar refractivity (Wildman–Crippen MR) is 91.5 cm³/mol. The van der Waals surface area contributed by atoms with Gasteiger partial charge in [0.15, 0.2) is 0 Å². The number of aromatic nitrogens is 1. The van der Waals surface area contributed by atoms with Crippen LogP contribution in [0.1, 0.15) is 6.92 Å². The van der Waals surface area contributed by atoms with E-state index in [4.69, 9.17) is 0 Å². The fraction of sp³-hybridized carbons (Fsp3) is 0.294. The lowest BCUT2D eigenvalue weighted by Gasteiger charge is -2.25. The quantitative estimate of drug-likeness (QED) is 0.698. The highest BCUT2D eigenvalue weighted by molar-refractivity contribution is 7.96. The Morgan fingerprint density at radius 2 is 1.61 bits per heavy atom. The average Bonchev–Trinajstić information content (AvgIpc) is 2.78. The van der Waals surface area contributed by atoms with Crippen LogP contribution in [0.5, 0.6) is 0 Å². The van der Waals surface area contributed by atoms with Gasteiger partial charge in [0.2, 0.25) is 0 Å². The van der Waals surface area contributed by atoms with Crippen LogP contribution in [-0.2, 0) is 6.54 Å². The van der Waals surface area contributed by atoms with Crippen molar-refractivity contribution < 1.29 is 13.9 Å². The monoisotopic (exact) mass is 336 g/mol. The first kappa shape index (κ1) is 16.2. The molecule has 6 heteroatoms. The van der Waals surface area contributed by atoms with Crippen LogP contribution >= 0.6 is 11.9 Å². The third kappa shape index (κ3) is 3.20. The minimum Gasteiger partial charge on any atom is -0.387 e. The van der Waals surface area contributed by atoms with E-state index in [-0.39, 0.29) is 11.6 Å². The van der Waals surface area contributed by atoms with Gasteiger partial charge in [0, 0.05) is 28.4 Å². The molecule has 0 fully saturated rings. The van der Waals surface area contributed by atoms with Crippen LogP contribution in [0.25, 0.3) is 21.8 Å². The van der Waals surface area contributed by atoms with Gasteiger partial charge in [0.25, 0.3) is 0 Å². The van der Waals surface area contributed by atoms with Crippen LogP contribution in [0.3, 0.4) is 0 Å². The Labute approximate surface area is 137 Å². The Kier molecular flexibility index (Phi) is 4.31. The summed E-state index contributed by atoms with van der Waals surface area (Å²) >= 11 is 1.43. The van der Waals surface area contributed by atoms with Crippen LogP contribution in [0.2, 0.25) is 0 Å². The molecule has 1 unspecified atom stereocenters. The van der Waals surface area contributed by atoms with Crippen molar-refractivity contribution in [2.75, 3.05) is 12.8 Å². The standard InChI is InChI=1S/C17H18F2N2OS/c1-17(22,9-20-23-2)10-21-15-5-3-11(18)7-13(15)14-8-12(19)4-6-16(14)21/h3-8,20,22H,9-10H2,1-2H3. The second-order valence-corrected chi connectivity index (χ2v) is 6.63. The first-order chi connectivity index (χ1) is 10.9. The van der Waals surface area contributed by atoms with Gasteiger partial charge >= 0.3 is 0 Å². The number of hydrogen-bond donors (Lipinski definition) is 2. The SMILES string of the molecule is CSNCC(C)(O)Cn1c2ccc(F)cc2c2cc(F)ccc21. The zero-order valence-electron chi connectivity index (χ0n) is 12.9. The third-order valence-electron chi connectivity index (χ3n) is 3.89. The predicted octanol–water partition coefficient (Wildman–Crippen LogP) is 3.69. The van der Waals surface area contributed by atoms with Gasteiger partial charge in [-0.15, -0.1) is 0 Å². The molecule has 0 radical (unpaired) electrons. The molecule has 0 spiro atoms. The molecule has 122 valence electrons. The number of hydrogen-bond acceptors (Lipinski definition) is 3. The fourth-order valence-electron chi connectivity index (χ4n) is 2.84. The lowest BCUT2D eigenvalue weighted by Crippen LogP contribution is -2.39. The molecule has 23 heavy (non-hydrogen) atoms. The van der Waals surface area contributed by atoms with Gasteiger partial charge < -0.3 is 9.67 Å². The van der Waals surface area contributed by atoms with Crippen LogP contribution in [0, 0.1) is 11.6 Å². The van der Waals surface area contributed by atoms with Crippen molar-refractivity contribution in [2.24, 2.45) is 0 Å². The summed E-state index contributed by atoms with van der Waals surface area (Å²) in [6.45, 7) is 2.45. The minimum atomic E-state index is -0.995. The topological polar surface area (TPSA) is 37.2 Å². The molecular weight excluding hydrogens is 318 g/mol. The Morgan fingerprint density at radius 1 is 1.09 bits per heavy atom. The summed E-state index contributed by atoms with van der Waals surface area (Å²) < 4.78 is 32.2. The van der Waals surface area contributed by atoms with Crippen molar-refractivity contribution >= 4 is 33.8 Å². The molecule has 0 amide bonds. The normalized spacial score (nSPS) is 14.5. The van der Waals surface area contributed by atoms with Gasteiger partial charge in [-0.25, -0.2) is 8.78 Å². The highest BCUT2D eigenvalue weighted by atomic mass is 32.2.